The number of phenols is 1. The van der Waals surface area contributed by atoms with Gasteiger partial charge in [-0.25, -0.2) is 0 Å². The smallest absolute Gasteiger partial charge is 0.124 e. The fourth-order valence-corrected chi connectivity index (χ4v) is 4.26. The first-order valence-electron chi connectivity index (χ1n) is 6.89. The van der Waals surface area contributed by atoms with Gasteiger partial charge in [0.15, 0.2) is 0 Å². The number of nitrogens with zero attached hydrogens (tertiary/aromatic N) is 1. The van der Waals surface area contributed by atoms with Crippen molar-refractivity contribution < 1.29 is 9.84 Å². The molecule has 1 saturated carbocycles. The van der Waals surface area contributed by atoms with Crippen LogP contribution in [0.3, 0.4) is 0 Å². The minimum atomic E-state index is 0.170. The van der Waals surface area contributed by atoms with E-state index >= 15 is 0 Å². The first-order chi connectivity index (χ1) is 8.69. The Bertz CT molecular complexity index is 501. The van der Waals surface area contributed by atoms with Crippen molar-refractivity contribution in [3.8, 4) is 11.5 Å². The highest BCUT2D eigenvalue weighted by atomic mass is 16.5. The minimum absolute atomic E-state index is 0.170. The average Bonchev–Trinajstić information content (AvgIpc) is 2.64. The van der Waals surface area contributed by atoms with E-state index < -0.39 is 0 Å². The Morgan fingerprint density at radius 1 is 1.44 bits per heavy atom. The van der Waals surface area contributed by atoms with E-state index in [-0.39, 0.29) is 11.5 Å². The Morgan fingerprint density at radius 3 is 3.22 bits per heavy atom. The molecule has 96 valence electrons. The van der Waals surface area contributed by atoms with Crippen LogP contribution in [0.1, 0.15) is 31.2 Å². The van der Waals surface area contributed by atoms with Gasteiger partial charge in [0.2, 0.25) is 0 Å². The zero-order valence-corrected chi connectivity index (χ0v) is 10.7. The van der Waals surface area contributed by atoms with E-state index in [4.69, 9.17) is 4.74 Å². The summed E-state index contributed by atoms with van der Waals surface area (Å²) in [6.07, 6.45) is 5.24. The molecule has 0 aromatic heterocycles. The van der Waals surface area contributed by atoms with Gasteiger partial charge in [-0.3, -0.25) is 4.90 Å². The van der Waals surface area contributed by atoms with Gasteiger partial charge in [0, 0.05) is 23.6 Å². The topological polar surface area (TPSA) is 32.7 Å². The molecule has 2 fully saturated rings. The fourth-order valence-electron chi connectivity index (χ4n) is 4.26. The Hall–Kier alpha value is -1.22. The van der Waals surface area contributed by atoms with E-state index in [9.17, 15) is 5.11 Å². The monoisotopic (exact) mass is 245 g/mol. The Balaban J connectivity index is 1.85. The molecule has 2 bridgehead atoms. The van der Waals surface area contributed by atoms with Crippen molar-refractivity contribution in [1.82, 2.24) is 4.90 Å². The van der Waals surface area contributed by atoms with Crippen LogP contribution in [-0.4, -0.2) is 35.7 Å². The van der Waals surface area contributed by atoms with Gasteiger partial charge in [-0.15, -0.1) is 0 Å². The Morgan fingerprint density at radius 2 is 2.33 bits per heavy atom. The Labute approximate surface area is 107 Å². The van der Waals surface area contributed by atoms with Crippen molar-refractivity contribution in [2.24, 2.45) is 0 Å². The molecule has 3 atom stereocenters. The van der Waals surface area contributed by atoms with E-state index in [0.717, 1.165) is 12.3 Å². The van der Waals surface area contributed by atoms with Crippen molar-refractivity contribution in [3.63, 3.8) is 0 Å². The lowest BCUT2D eigenvalue weighted by molar-refractivity contribution is -0.00863. The predicted molar refractivity (Wildman–Crippen MR) is 69.1 cm³/mol. The molecule has 0 amide bonds. The standard InChI is InChI=1S/C15H19NO2/c1-16-9-14-15(6-2-3-10(16)8-15)12-7-11(17)4-5-13(12)18-14/h4-5,7,10,14,17H,2-3,6,8-9H2,1H3/t10-,14+,15+/m1/s1. The van der Waals surface area contributed by atoms with Crippen LogP contribution in [0.5, 0.6) is 11.5 Å². The number of likely N-dealkylation sites (N-methyl/N-ethyl adjacent to an activating group) is 1. The second-order valence-corrected chi connectivity index (χ2v) is 6.13. The van der Waals surface area contributed by atoms with Gasteiger partial charge in [0.05, 0.1) is 0 Å². The van der Waals surface area contributed by atoms with Crippen LogP contribution in [0, 0.1) is 0 Å². The Kier molecular flexibility index (Phi) is 2.03. The number of fused-ring (bicyclic) bond motifs is 2. The van der Waals surface area contributed by atoms with Gasteiger partial charge >= 0.3 is 0 Å². The van der Waals surface area contributed by atoms with Gasteiger partial charge in [-0.05, 0) is 44.5 Å². The maximum Gasteiger partial charge on any atom is 0.124 e. The second kappa shape index (κ2) is 3.41. The third-order valence-electron chi connectivity index (χ3n) is 5.22. The third-order valence-corrected chi connectivity index (χ3v) is 5.22. The van der Waals surface area contributed by atoms with Crippen LogP contribution >= 0.6 is 0 Å². The molecule has 18 heavy (non-hydrogen) atoms. The van der Waals surface area contributed by atoms with Gasteiger partial charge in [0.25, 0.3) is 0 Å². The molecule has 4 rings (SSSR count). The molecule has 3 heteroatoms. The summed E-state index contributed by atoms with van der Waals surface area (Å²) in [6.45, 7) is 1.01. The van der Waals surface area contributed by atoms with Crippen LogP contribution in [0.4, 0.5) is 0 Å². The van der Waals surface area contributed by atoms with Crippen LogP contribution < -0.4 is 4.74 Å². The van der Waals surface area contributed by atoms with E-state index in [1.165, 1.54) is 31.2 Å². The summed E-state index contributed by atoms with van der Waals surface area (Å²) in [4.78, 5) is 2.45. The third kappa shape index (κ3) is 1.23. The average molecular weight is 245 g/mol. The van der Waals surface area contributed by atoms with Crippen molar-refractivity contribution >= 4 is 0 Å². The quantitative estimate of drug-likeness (QED) is 0.761. The highest BCUT2D eigenvalue weighted by Crippen LogP contribution is 2.55. The summed E-state index contributed by atoms with van der Waals surface area (Å²) >= 11 is 0. The first-order valence-corrected chi connectivity index (χ1v) is 6.89. The lowest BCUT2D eigenvalue weighted by Crippen LogP contribution is -2.58. The predicted octanol–water partition coefficient (Wildman–Crippen LogP) is 2.28. The summed E-state index contributed by atoms with van der Waals surface area (Å²) in [6, 6.07) is 6.29. The molecule has 0 unspecified atom stereocenters. The van der Waals surface area contributed by atoms with Crippen LogP contribution in [0.15, 0.2) is 18.2 Å². The number of ether oxygens (including phenoxy) is 1. The number of benzene rings is 1. The summed E-state index contributed by atoms with van der Waals surface area (Å²) in [5.41, 5.74) is 1.43. The molecule has 0 radical (unpaired) electrons. The molecule has 1 aromatic rings. The molecular formula is C15H19NO2. The van der Waals surface area contributed by atoms with E-state index in [1.807, 2.05) is 12.1 Å². The number of phenolic OH excluding ortho intramolecular Hbond substituents is 1. The molecule has 3 nitrogen and oxygen atoms in total. The van der Waals surface area contributed by atoms with Gasteiger partial charge < -0.3 is 9.84 Å². The van der Waals surface area contributed by atoms with Crippen LogP contribution in [0.25, 0.3) is 0 Å². The van der Waals surface area contributed by atoms with Crippen LogP contribution in [-0.2, 0) is 5.41 Å². The van der Waals surface area contributed by atoms with E-state index in [2.05, 4.69) is 11.9 Å². The maximum absolute atomic E-state index is 9.77. The summed E-state index contributed by atoms with van der Waals surface area (Å²) in [7, 11) is 2.21. The molecule has 2 aliphatic heterocycles. The normalized spacial score (nSPS) is 37.8. The first kappa shape index (κ1) is 10.7. The molecular weight excluding hydrogens is 226 g/mol. The summed E-state index contributed by atoms with van der Waals surface area (Å²) < 4.78 is 6.16. The van der Waals surface area contributed by atoms with Crippen molar-refractivity contribution in [1.29, 1.82) is 0 Å². The molecule has 1 saturated heterocycles. The van der Waals surface area contributed by atoms with E-state index in [1.54, 1.807) is 6.07 Å². The number of aromatic hydroxyl groups is 1. The second-order valence-electron chi connectivity index (χ2n) is 6.13. The summed E-state index contributed by atoms with van der Waals surface area (Å²) in [5, 5.41) is 9.77. The fraction of sp³-hybridized carbons (Fsp3) is 0.600. The molecule has 1 N–H and O–H groups in total. The number of rotatable bonds is 0. The lowest BCUT2D eigenvalue weighted by Gasteiger charge is -2.50. The number of hydrogen-bond acceptors (Lipinski definition) is 3. The van der Waals surface area contributed by atoms with Crippen molar-refractivity contribution in [2.45, 2.75) is 43.2 Å². The zero-order valence-electron chi connectivity index (χ0n) is 10.7. The highest BCUT2D eigenvalue weighted by molar-refractivity contribution is 5.50. The largest absolute Gasteiger partial charge is 0.508 e. The molecule has 3 aliphatic rings. The number of likely N-dealkylation sites (tertiary alicyclic amines) is 1. The SMILES string of the molecule is CN1C[C@@H]2Oc3ccc(O)cc3[C@@]23CCC[C@@H]1C3. The molecule has 1 aromatic carbocycles. The minimum Gasteiger partial charge on any atom is -0.508 e. The number of hydrogen-bond donors (Lipinski definition) is 1. The molecule has 1 aliphatic carbocycles. The van der Waals surface area contributed by atoms with Gasteiger partial charge in [0.1, 0.15) is 17.6 Å². The van der Waals surface area contributed by atoms with Gasteiger partial charge in [-0.2, -0.15) is 0 Å². The highest BCUT2D eigenvalue weighted by Gasteiger charge is 2.55. The maximum atomic E-state index is 9.77. The zero-order chi connectivity index (χ0) is 12.3. The van der Waals surface area contributed by atoms with Crippen LogP contribution in [0.2, 0.25) is 0 Å². The molecule has 2 heterocycles. The van der Waals surface area contributed by atoms with Gasteiger partial charge in [-0.1, -0.05) is 6.42 Å². The molecule has 1 spiro atoms. The van der Waals surface area contributed by atoms with E-state index in [0.29, 0.717) is 11.8 Å². The number of piperidine rings is 1. The van der Waals surface area contributed by atoms with Crippen molar-refractivity contribution in [2.75, 3.05) is 13.6 Å². The lowest BCUT2D eigenvalue weighted by atomic mass is 9.63. The summed E-state index contributed by atoms with van der Waals surface area (Å²) in [5.74, 6) is 1.36. The van der Waals surface area contributed by atoms with Crippen molar-refractivity contribution in [3.05, 3.63) is 23.8 Å².